The predicted molar refractivity (Wildman–Crippen MR) is 101 cm³/mol. The first-order valence-electron chi connectivity index (χ1n) is 8.27. The number of nitrogens with zero attached hydrogens (tertiary/aromatic N) is 2. The molecule has 1 heterocycles. The van der Waals surface area contributed by atoms with Crippen molar-refractivity contribution in [2.24, 2.45) is 0 Å². The fourth-order valence-corrected chi connectivity index (χ4v) is 5.21. The van der Waals surface area contributed by atoms with E-state index in [1.807, 2.05) is 18.2 Å². The van der Waals surface area contributed by atoms with Crippen molar-refractivity contribution in [1.29, 1.82) is 0 Å². The Morgan fingerprint density at radius 3 is 2.68 bits per heavy atom. The van der Waals surface area contributed by atoms with Gasteiger partial charge in [0.25, 0.3) is 0 Å². The van der Waals surface area contributed by atoms with Gasteiger partial charge < -0.3 is 5.32 Å². The Kier molecular flexibility index (Phi) is 5.58. The molecule has 1 fully saturated rings. The molecule has 1 aliphatic carbocycles. The molecule has 1 aromatic carbocycles. The second kappa shape index (κ2) is 7.70. The van der Waals surface area contributed by atoms with Crippen molar-refractivity contribution in [2.75, 3.05) is 11.1 Å². The zero-order chi connectivity index (χ0) is 17.9. The first kappa shape index (κ1) is 18.1. The second-order valence-corrected chi connectivity index (χ2v) is 9.51. The van der Waals surface area contributed by atoms with Crippen LogP contribution in [-0.4, -0.2) is 35.1 Å². The van der Waals surface area contributed by atoms with E-state index in [9.17, 15) is 13.2 Å². The molecule has 1 amide bonds. The lowest BCUT2D eigenvalue weighted by Crippen LogP contribution is -2.24. The molecule has 1 saturated carbocycles. The minimum atomic E-state index is -3.19. The van der Waals surface area contributed by atoms with Crippen LogP contribution in [0.5, 0.6) is 0 Å². The summed E-state index contributed by atoms with van der Waals surface area (Å²) in [6, 6.07) is 7.27. The van der Waals surface area contributed by atoms with Crippen molar-refractivity contribution in [3.05, 3.63) is 41.1 Å². The van der Waals surface area contributed by atoms with Gasteiger partial charge in [0.2, 0.25) is 5.91 Å². The minimum absolute atomic E-state index is 0.0318. The molecule has 0 bridgehead atoms. The van der Waals surface area contributed by atoms with E-state index in [0.717, 1.165) is 35.8 Å². The zero-order valence-electron chi connectivity index (χ0n) is 13.7. The van der Waals surface area contributed by atoms with E-state index in [1.54, 1.807) is 23.1 Å². The number of hydrogen-bond donors (Lipinski definition) is 1. The number of amides is 1. The van der Waals surface area contributed by atoms with E-state index in [1.165, 1.54) is 0 Å². The number of anilines is 1. The molecule has 1 aliphatic rings. The van der Waals surface area contributed by atoms with Crippen LogP contribution in [0.15, 0.2) is 41.1 Å². The summed E-state index contributed by atoms with van der Waals surface area (Å²) in [4.78, 5) is 12.2. The molecule has 8 heteroatoms. The summed E-state index contributed by atoms with van der Waals surface area (Å²) in [7, 11) is -3.19. The van der Waals surface area contributed by atoms with Gasteiger partial charge >= 0.3 is 0 Å². The summed E-state index contributed by atoms with van der Waals surface area (Å²) in [5.74, 6) is -0.404. The normalized spacial score (nSPS) is 15.4. The number of rotatable bonds is 6. The summed E-state index contributed by atoms with van der Waals surface area (Å²) in [6.45, 7) is 0. The van der Waals surface area contributed by atoms with Crippen LogP contribution in [0.1, 0.15) is 32.1 Å². The third-order valence-corrected chi connectivity index (χ3v) is 7.07. The van der Waals surface area contributed by atoms with Gasteiger partial charge in [-0.15, -0.1) is 0 Å². The number of halogens is 1. The quantitative estimate of drug-likeness (QED) is 0.769. The summed E-state index contributed by atoms with van der Waals surface area (Å²) >= 11 is 3.35. The molecule has 0 unspecified atom stereocenters. The first-order chi connectivity index (χ1) is 12.0. The molecule has 2 aromatic rings. The van der Waals surface area contributed by atoms with Crippen molar-refractivity contribution in [1.82, 2.24) is 9.78 Å². The van der Waals surface area contributed by atoms with Crippen LogP contribution in [0.2, 0.25) is 0 Å². The maximum absolute atomic E-state index is 12.3. The first-order valence-corrected chi connectivity index (χ1v) is 10.8. The van der Waals surface area contributed by atoms with Gasteiger partial charge in [0.05, 0.1) is 33.0 Å². The Hall–Kier alpha value is -1.67. The average Bonchev–Trinajstić information content (AvgIpc) is 3.26. The minimum Gasteiger partial charge on any atom is -0.324 e. The van der Waals surface area contributed by atoms with Crippen LogP contribution < -0.4 is 5.32 Å². The fraction of sp³-hybridized carbons (Fsp3) is 0.412. The Bertz CT molecular complexity index is 858. The van der Waals surface area contributed by atoms with Crippen molar-refractivity contribution < 1.29 is 13.2 Å². The lowest BCUT2D eigenvalue weighted by atomic mass is 10.2. The Morgan fingerprint density at radius 2 is 2.00 bits per heavy atom. The Labute approximate surface area is 155 Å². The number of hydrogen-bond acceptors (Lipinski definition) is 4. The highest BCUT2D eigenvalue weighted by Crippen LogP contribution is 2.26. The van der Waals surface area contributed by atoms with E-state index in [4.69, 9.17) is 0 Å². The third kappa shape index (κ3) is 4.49. The predicted octanol–water partition coefficient (Wildman–Crippen LogP) is 3.32. The van der Waals surface area contributed by atoms with Crippen LogP contribution in [0, 0.1) is 0 Å². The van der Waals surface area contributed by atoms with E-state index >= 15 is 0 Å². The van der Waals surface area contributed by atoms with Crippen LogP contribution in [0.4, 0.5) is 5.69 Å². The standard InChI is InChI=1S/C17H20BrN3O3S/c18-13-11-19-21(12-13)16-8-4-3-7-15(16)20-17(22)9-10-25(23,24)14-5-1-2-6-14/h3-4,7-8,11-12,14H,1-2,5-6,9-10H2,(H,20,22). The maximum Gasteiger partial charge on any atom is 0.225 e. The molecular weight excluding hydrogens is 406 g/mol. The zero-order valence-corrected chi connectivity index (χ0v) is 16.1. The number of carbonyl (C=O) groups is 1. The topological polar surface area (TPSA) is 81.1 Å². The van der Waals surface area contributed by atoms with Crippen LogP contribution in [0.3, 0.4) is 0 Å². The number of sulfone groups is 1. The number of benzene rings is 1. The SMILES string of the molecule is O=C(CCS(=O)(=O)C1CCCC1)Nc1ccccc1-n1cc(Br)cn1. The highest BCUT2D eigenvalue weighted by atomic mass is 79.9. The molecule has 0 radical (unpaired) electrons. The van der Waals surface area contributed by atoms with E-state index in [0.29, 0.717) is 5.69 Å². The third-order valence-electron chi connectivity index (χ3n) is 4.40. The molecule has 134 valence electrons. The molecule has 25 heavy (non-hydrogen) atoms. The lowest BCUT2D eigenvalue weighted by Gasteiger charge is -2.13. The van der Waals surface area contributed by atoms with Crippen LogP contribution >= 0.6 is 15.9 Å². The maximum atomic E-state index is 12.3. The molecule has 0 aliphatic heterocycles. The van der Waals surface area contributed by atoms with Gasteiger partial charge in [0, 0.05) is 12.6 Å². The van der Waals surface area contributed by atoms with Gasteiger partial charge in [0.15, 0.2) is 9.84 Å². The molecule has 6 nitrogen and oxygen atoms in total. The fourth-order valence-electron chi connectivity index (χ4n) is 3.07. The summed E-state index contributed by atoms with van der Waals surface area (Å²) < 4.78 is 27.0. The molecule has 3 rings (SSSR count). The lowest BCUT2D eigenvalue weighted by molar-refractivity contribution is -0.115. The van der Waals surface area contributed by atoms with Gasteiger partial charge in [-0.25, -0.2) is 13.1 Å². The molecule has 1 aromatic heterocycles. The highest BCUT2D eigenvalue weighted by Gasteiger charge is 2.28. The Balaban J connectivity index is 1.65. The Morgan fingerprint density at radius 1 is 1.28 bits per heavy atom. The van der Waals surface area contributed by atoms with Gasteiger partial charge in [-0.3, -0.25) is 4.79 Å². The van der Waals surface area contributed by atoms with Crippen molar-refractivity contribution in [3.8, 4) is 5.69 Å². The largest absolute Gasteiger partial charge is 0.324 e. The van der Waals surface area contributed by atoms with Gasteiger partial charge in [0.1, 0.15) is 0 Å². The van der Waals surface area contributed by atoms with Crippen molar-refractivity contribution in [2.45, 2.75) is 37.4 Å². The van der Waals surface area contributed by atoms with E-state index < -0.39 is 9.84 Å². The van der Waals surface area contributed by atoms with Crippen molar-refractivity contribution >= 4 is 37.4 Å². The van der Waals surface area contributed by atoms with Crippen LogP contribution in [-0.2, 0) is 14.6 Å². The van der Waals surface area contributed by atoms with Gasteiger partial charge in [-0.2, -0.15) is 5.10 Å². The molecule has 0 spiro atoms. The molecular formula is C17H20BrN3O3S. The van der Waals surface area contributed by atoms with E-state index in [2.05, 4.69) is 26.3 Å². The van der Waals surface area contributed by atoms with Gasteiger partial charge in [-0.05, 0) is 40.9 Å². The summed E-state index contributed by atoms with van der Waals surface area (Å²) in [5, 5.41) is 6.75. The number of carbonyl (C=O) groups excluding carboxylic acids is 1. The van der Waals surface area contributed by atoms with Crippen LogP contribution in [0.25, 0.3) is 5.69 Å². The average molecular weight is 426 g/mol. The van der Waals surface area contributed by atoms with Gasteiger partial charge in [-0.1, -0.05) is 25.0 Å². The number of aromatic nitrogens is 2. The monoisotopic (exact) mass is 425 g/mol. The summed E-state index contributed by atoms with van der Waals surface area (Å²) in [5.41, 5.74) is 1.32. The number of para-hydroxylation sites is 2. The molecule has 0 saturated heterocycles. The van der Waals surface area contributed by atoms with Crippen molar-refractivity contribution in [3.63, 3.8) is 0 Å². The van der Waals surface area contributed by atoms with E-state index in [-0.39, 0.29) is 23.3 Å². The molecule has 0 atom stereocenters. The smallest absolute Gasteiger partial charge is 0.225 e. The summed E-state index contributed by atoms with van der Waals surface area (Å²) in [6.07, 6.45) is 6.78. The molecule has 1 N–H and O–H groups in total. The highest BCUT2D eigenvalue weighted by molar-refractivity contribution is 9.10. The number of nitrogens with one attached hydrogen (secondary N) is 1. The second-order valence-electron chi connectivity index (χ2n) is 6.19.